The topological polar surface area (TPSA) is 45.8 Å². The Morgan fingerprint density at radius 2 is 1.59 bits per heavy atom. The maximum atomic E-state index is 13.5. The molecule has 0 saturated carbocycles. The minimum Gasteiger partial charge on any atom is -0.457 e. The summed E-state index contributed by atoms with van der Waals surface area (Å²) < 4.78 is 19.2. The fourth-order valence-electron chi connectivity index (χ4n) is 3.70. The van der Waals surface area contributed by atoms with Crippen molar-refractivity contribution < 1.29 is 13.6 Å². The van der Waals surface area contributed by atoms with Crippen molar-refractivity contribution in [3.63, 3.8) is 0 Å². The van der Waals surface area contributed by atoms with E-state index < -0.39 is 0 Å². The van der Waals surface area contributed by atoms with Crippen LogP contribution < -0.4 is 4.90 Å². The quantitative estimate of drug-likeness (QED) is 0.291. The van der Waals surface area contributed by atoms with Crippen LogP contribution in [0.25, 0.3) is 17.4 Å². The van der Waals surface area contributed by atoms with E-state index in [0.717, 1.165) is 28.1 Å². The van der Waals surface area contributed by atoms with Crippen molar-refractivity contribution in [1.82, 2.24) is 0 Å². The van der Waals surface area contributed by atoms with E-state index in [4.69, 9.17) is 9.41 Å². The molecular formula is C28H21FN2O2S. The number of benzene rings is 3. The summed E-state index contributed by atoms with van der Waals surface area (Å²) in [5.41, 5.74) is 4.38. The first kappa shape index (κ1) is 21.9. The van der Waals surface area contributed by atoms with Gasteiger partial charge in [0.1, 0.15) is 17.3 Å². The molecule has 34 heavy (non-hydrogen) atoms. The SMILES string of the molecule is Cc1ccccc1N=C1SC(=Cc2ccc(-c3ccc(F)cc3)o2)C(=O)N1c1ccccc1C. The standard InChI is InChI=1S/C28H21FN2O2S/c1-18-7-3-5-9-23(18)30-28-31(24-10-6-4-8-19(24)2)27(32)26(34-28)17-22-15-16-25(33-22)20-11-13-21(29)14-12-20/h3-17H,1-2H3. The van der Waals surface area contributed by atoms with Gasteiger partial charge in [0.05, 0.1) is 16.3 Å². The molecule has 2 heterocycles. The van der Waals surface area contributed by atoms with E-state index in [1.807, 2.05) is 68.4 Å². The Labute approximate surface area is 201 Å². The first-order valence-electron chi connectivity index (χ1n) is 10.8. The molecule has 1 aromatic heterocycles. The fraction of sp³-hybridized carbons (Fsp3) is 0.0714. The maximum Gasteiger partial charge on any atom is 0.271 e. The molecule has 3 aromatic carbocycles. The smallest absolute Gasteiger partial charge is 0.271 e. The van der Waals surface area contributed by atoms with Gasteiger partial charge in [-0.3, -0.25) is 9.69 Å². The molecule has 4 aromatic rings. The second kappa shape index (κ2) is 9.15. The van der Waals surface area contributed by atoms with Gasteiger partial charge >= 0.3 is 0 Å². The van der Waals surface area contributed by atoms with Crippen molar-refractivity contribution in [2.45, 2.75) is 13.8 Å². The third-order valence-electron chi connectivity index (χ3n) is 5.52. The zero-order valence-corrected chi connectivity index (χ0v) is 19.5. The minimum atomic E-state index is -0.303. The molecule has 1 amide bonds. The average molecular weight is 469 g/mol. The van der Waals surface area contributed by atoms with Gasteiger partial charge < -0.3 is 4.42 Å². The number of amides is 1. The van der Waals surface area contributed by atoms with E-state index in [0.29, 0.717) is 21.6 Å². The van der Waals surface area contributed by atoms with Crippen LogP contribution in [-0.4, -0.2) is 11.1 Å². The van der Waals surface area contributed by atoms with E-state index >= 15 is 0 Å². The summed E-state index contributed by atoms with van der Waals surface area (Å²) in [6.45, 7) is 3.97. The molecule has 0 radical (unpaired) electrons. The molecule has 0 spiro atoms. The van der Waals surface area contributed by atoms with Crippen molar-refractivity contribution in [2.75, 3.05) is 4.90 Å². The Hall–Kier alpha value is -3.90. The summed E-state index contributed by atoms with van der Waals surface area (Å²) in [4.78, 5) is 20.5. The number of rotatable bonds is 4. The van der Waals surface area contributed by atoms with Gasteiger partial charge in [0.25, 0.3) is 5.91 Å². The van der Waals surface area contributed by atoms with Gasteiger partial charge in [0, 0.05) is 11.6 Å². The molecule has 168 valence electrons. The molecule has 1 aliphatic heterocycles. The van der Waals surface area contributed by atoms with Crippen molar-refractivity contribution in [3.8, 4) is 11.3 Å². The number of aliphatic imine (C=N–C) groups is 1. The highest BCUT2D eigenvalue weighted by atomic mass is 32.2. The number of para-hydroxylation sites is 2. The summed E-state index contributed by atoms with van der Waals surface area (Å²) in [5.74, 6) is 0.678. The second-order valence-electron chi connectivity index (χ2n) is 7.93. The monoisotopic (exact) mass is 468 g/mol. The molecule has 0 N–H and O–H groups in total. The molecule has 0 aliphatic carbocycles. The van der Waals surface area contributed by atoms with Crippen LogP contribution >= 0.6 is 11.8 Å². The van der Waals surface area contributed by atoms with Crippen LogP contribution in [0.15, 0.2) is 99.2 Å². The third-order valence-corrected chi connectivity index (χ3v) is 6.49. The molecule has 0 bridgehead atoms. The number of thioether (sulfide) groups is 1. The van der Waals surface area contributed by atoms with E-state index in [1.54, 1.807) is 29.2 Å². The van der Waals surface area contributed by atoms with Gasteiger partial charge in [0.2, 0.25) is 0 Å². The summed E-state index contributed by atoms with van der Waals surface area (Å²) in [5, 5.41) is 0.588. The lowest BCUT2D eigenvalue weighted by Crippen LogP contribution is -2.29. The first-order chi connectivity index (χ1) is 16.5. The number of furan rings is 1. The third kappa shape index (κ3) is 4.32. The summed E-state index contributed by atoms with van der Waals surface area (Å²) >= 11 is 1.31. The number of anilines is 1. The Bertz CT molecular complexity index is 1440. The van der Waals surface area contributed by atoms with E-state index in [2.05, 4.69) is 0 Å². The van der Waals surface area contributed by atoms with Crippen LogP contribution in [-0.2, 0) is 4.79 Å². The normalized spacial score (nSPS) is 16.1. The summed E-state index contributed by atoms with van der Waals surface area (Å²) in [7, 11) is 0. The van der Waals surface area contributed by atoms with Crippen molar-refractivity contribution >= 4 is 40.3 Å². The van der Waals surface area contributed by atoms with Crippen LogP contribution in [0.5, 0.6) is 0 Å². The number of hydrogen-bond donors (Lipinski definition) is 0. The maximum absolute atomic E-state index is 13.5. The van der Waals surface area contributed by atoms with Gasteiger partial charge in [-0.15, -0.1) is 0 Å². The second-order valence-corrected chi connectivity index (χ2v) is 8.94. The Kier molecular flexibility index (Phi) is 5.90. The van der Waals surface area contributed by atoms with Crippen LogP contribution in [0.1, 0.15) is 16.9 Å². The highest BCUT2D eigenvalue weighted by Gasteiger charge is 2.35. The average Bonchev–Trinajstić information content (AvgIpc) is 3.41. The van der Waals surface area contributed by atoms with Crippen LogP contribution in [0.2, 0.25) is 0 Å². The number of aryl methyl sites for hydroxylation is 2. The lowest BCUT2D eigenvalue weighted by atomic mass is 10.2. The first-order valence-corrected chi connectivity index (χ1v) is 11.6. The Morgan fingerprint density at radius 3 is 2.32 bits per heavy atom. The number of halogens is 1. The summed E-state index contributed by atoms with van der Waals surface area (Å²) in [6.07, 6.45) is 1.73. The predicted molar refractivity (Wildman–Crippen MR) is 137 cm³/mol. The minimum absolute atomic E-state index is 0.161. The number of carbonyl (C=O) groups is 1. The molecule has 6 heteroatoms. The molecule has 0 atom stereocenters. The zero-order valence-electron chi connectivity index (χ0n) is 18.7. The molecule has 1 aliphatic rings. The highest BCUT2D eigenvalue weighted by molar-refractivity contribution is 8.19. The predicted octanol–water partition coefficient (Wildman–Crippen LogP) is 7.51. The van der Waals surface area contributed by atoms with Gasteiger partial charge in [0.15, 0.2) is 5.17 Å². The van der Waals surface area contributed by atoms with E-state index in [1.165, 1.54) is 23.9 Å². The molecule has 0 unspecified atom stereocenters. The molecule has 5 rings (SSSR count). The van der Waals surface area contributed by atoms with Gasteiger partial charge in [-0.2, -0.15) is 0 Å². The molecule has 4 nitrogen and oxygen atoms in total. The largest absolute Gasteiger partial charge is 0.457 e. The van der Waals surface area contributed by atoms with Crippen molar-refractivity contribution in [1.29, 1.82) is 0 Å². The highest BCUT2D eigenvalue weighted by Crippen LogP contribution is 2.39. The zero-order chi connectivity index (χ0) is 23.7. The lowest BCUT2D eigenvalue weighted by molar-refractivity contribution is -0.113. The van der Waals surface area contributed by atoms with Crippen molar-refractivity contribution in [3.05, 3.63) is 113 Å². The van der Waals surface area contributed by atoms with Gasteiger partial charge in [-0.05, 0) is 85.3 Å². The van der Waals surface area contributed by atoms with Gasteiger partial charge in [-0.25, -0.2) is 9.38 Å². The fourth-order valence-corrected chi connectivity index (χ4v) is 4.66. The molecule has 1 fully saturated rings. The number of amidine groups is 1. The van der Waals surface area contributed by atoms with E-state index in [9.17, 15) is 9.18 Å². The Balaban J connectivity index is 1.54. The number of nitrogens with zero attached hydrogens (tertiary/aromatic N) is 2. The number of carbonyl (C=O) groups excluding carboxylic acids is 1. The van der Waals surface area contributed by atoms with Crippen LogP contribution in [0, 0.1) is 19.7 Å². The lowest BCUT2D eigenvalue weighted by Gasteiger charge is -2.18. The summed E-state index contributed by atoms with van der Waals surface area (Å²) in [6, 6.07) is 25.3. The molecule has 1 saturated heterocycles. The van der Waals surface area contributed by atoms with Gasteiger partial charge in [-0.1, -0.05) is 36.4 Å². The van der Waals surface area contributed by atoms with Crippen LogP contribution in [0.3, 0.4) is 0 Å². The molecular weight excluding hydrogens is 447 g/mol. The van der Waals surface area contributed by atoms with Crippen LogP contribution in [0.4, 0.5) is 15.8 Å². The number of hydrogen-bond acceptors (Lipinski definition) is 4. The van der Waals surface area contributed by atoms with Crippen molar-refractivity contribution in [2.24, 2.45) is 4.99 Å². The van der Waals surface area contributed by atoms with E-state index in [-0.39, 0.29) is 11.7 Å². The Morgan fingerprint density at radius 1 is 0.882 bits per heavy atom.